The van der Waals surface area contributed by atoms with E-state index in [1.807, 2.05) is 12.4 Å². The van der Waals surface area contributed by atoms with Crippen molar-refractivity contribution in [3.8, 4) is 0 Å². The van der Waals surface area contributed by atoms with Crippen LogP contribution in [0.4, 0.5) is 11.8 Å². The van der Waals surface area contributed by atoms with Crippen LogP contribution in [-0.4, -0.2) is 39.2 Å². The smallest absolute Gasteiger partial charge is 0.226 e. The number of nitrogens with one attached hydrogen (secondary N) is 2. The maximum atomic E-state index is 11.8. The normalized spacial score (nSPS) is 21.4. The zero-order valence-electron chi connectivity index (χ0n) is 12.2. The van der Waals surface area contributed by atoms with Crippen molar-refractivity contribution in [1.29, 1.82) is 0 Å². The van der Waals surface area contributed by atoms with Gasteiger partial charge < -0.3 is 10.2 Å². The molecule has 4 heterocycles. The number of hydrogen-bond donors (Lipinski definition) is 2. The van der Waals surface area contributed by atoms with Crippen molar-refractivity contribution in [3.05, 3.63) is 29.7 Å². The highest BCUT2D eigenvalue weighted by Gasteiger charge is 2.28. The number of nitrogens with zero attached hydrogens (tertiary/aromatic N) is 4. The van der Waals surface area contributed by atoms with Gasteiger partial charge in [-0.3, -0.25) is 9.89 Å². The zero-order valence-corrected chi connectivity index (χ0v) is 12.2. The van der Waals surface area contributed by atoms with Crippen LogP contribution in [0.3, 0.4) is 0 Å². The Morgan fingerprint density at radius 2 is 1.86 bits per heavy atom. The number of piperidine rings is 1. The predicted molar refractivity (Wildman–Crippen MR) is 81.8 cm³/mol. The van der Waals surface area contributed by atoms with Crippen LogP contribution in [0, 0.1) is 0 Å². The van der Waals surface area contributed by atoms with Gasteiger partial charge in [0.1, 0.15) is 5.82 Å². The average Bonchev–Trinajstić information content (AvgIpc) is 3.03. The summed E-state index contributed by atoms with van der Waals surface area (Å²) in [5.41, 5.74) is 1.95. The highest BCUT2D eigenvalue weighted by molar-refractivity contribution is 5.94. The molecule has 114 valence electrons. The molecule has 0 spiro atoms. The van der Waals surface area contributed by atoms with Gasteiger partial charge in [-0.25, -0.2) is 9.97 Å². The summed E-state index contributed by atoms with van der Waals surface area (Å²) in [5.74, 6) is 1.43. The van der Waals surface area contributed by atoms with Gasteiger partial charge in [-0.15, -0.1) is 0 Å². The highest BCUT2D eigenvalue weighted by Crippen LogP contribution is 2.35. The molecule has 1 atom stereocenters. The molecule has 1 unspecified atom stereocenters. The van der Waals surface area contributed by atoms with E-state index in [4.69, 9.17) is 0 Å². The Bertz CT molecular complexity index is 674. The molecule has 7 heteroatoms. The molecule has 0 aliphatic carbocycles. The number of aromatic amines is 1. The maximum Gasteiger partial charge on any atom is 0.226 e. The molecule has 0 saturated carbocycles. The molecule has 2 N–H and O–H groups in total. The van der Waals surface area contributed by atoms with E-state index in [0.717, 1.165) is 30.2 Å². The minimum Gasteiger partial charge on any atom is -0.341 e. The van der Waals surface area contributed by atoms with Crippen LogP contribution >= 0.6 is 0 Å². The Labute approximate surface area is 128 Å². The number of hydrogen-bond acceptors (Lipinski definition) is 5. The average molecular weight is 298 g/mol. The molecular weight excluding hydrogens is 280 g/mol. The van der Waals surface area contributed by atoms with Gasteiger partial charge >= 0.3 is 0 Å². The Morgan fingerprint density at radius 1 is 1.09 bits per heavy atom. The van der Waals surface area contributed by atoms with Crippen molar-refractivity contribution in [2.75, 3.05) is 23.3 Å². The first-order valence-corrected chi connectivity index (χ1v) is 7.71. The van der Waals surface area contributed by atoms with Gasteiger partial charge in [0.15, 0.2) is 0 Å². The van der Waals surface area contributed by atoms with Crippen LogP contribution in [-0.2, 0) is 4.79 Å². The summed E-state index contributed by atoms with van der Waals surface area (Å²) in [6.07, 6.45) is 9.54. The number of fused-ring (bicyclic) bond motifs is 1. The second-order valence-electron chi connectivity index (χ2n) is 5.87. The Kier molecular flexibility index (Phi) is 3.25. The lowest BCUT2D eigenvalue weighted by Gasteiger charge is -2.27. The molecule has 7 nitrogen and oxygen atoms in total. The van der Waals surface area contributed by atoms with Crippen molar-refractivity contribution in [3.63, 3.8) is 0 Å². The third-order valence-corrected chi connectivity index (χ3v) is 4.40. The van der Waals surface area contributed by atoms with Crippen molar-refractivity contribution in [2.24, 2.45) is 0 Å². The number of aromatic nitrogens is 4. The third kappa shape index (κ3) is 2.32. The molecular formula is C15H18N6O. The summed E-state index contributed by atoms with van der Waals surface area (Å²) >= 11 is 0. The van der Waals surface area contributed by atoms with E-state index < -0.39 is 0 Å². The second kappa shape index (κ2) is 5.40. The molecule has 2 aliphatic heterocycles. The molecule has 1 amide bonds. The monoisotopic (exact) mass is 298 g/mol. The Hall–Kier alpha value is -2.44. The van der Waals surface area contributed by atoms with Crippen LogP contribution in [0.5, 0.6) is 0 Å². The number of rotatable bonds is 2. The fraction of sp³-hybridized carbons (Fsp3) is 0.467. The van der Waals surface area contributed by atoms with E-state index in [0.29, 0.717) is 12.2 Å². The largest absolute Gasteiger partial charge is 0.341 e. The molecule has 0 bridgehead atoms. The number of carbonyl (C=O) groups is 1. The van der Waals surface area contributed by atoms with Crippen molar-refractivity contribution >= 4 is 17.7 Å². The molecule has 2 aromatic heterocycles. The Balaban J connectivity index is 1.60. The fourth-order valence-corrected chi connectivity index (χ4v) is 3.21. The van der Waals surface area contributed by atoms with E-state index in [9.17, 15) is 4.79 Å². The van der Waals surface area contributed by atoms with Gasteiger partial charge in [0, 0.05) is 43.4 Å². The number of H-pyrrole nitrogens is 1. The molecule has 22 heavy (non-hydrogen) atoms. The van der Waals surface area contributed by atoms with Crippen LogP contribution in [0.25, 0.3) is 0 Å². The summed E-state index contributed by atoms with van der Waals surface area (Å²) in [6, 6.07) is 0. The quantitative estimate of drug-likeness (QED) is 0.880. The lowest BCUT2D eigenvalue weighted by atomic mass is 9.89. The Morgan fingerprint density at radius 3 is 2.64 bits per heavy atom. The van der Waals surface area contributed by atoms with Gasteiger partial charge in [-0.05, 0) is 24.8 Å². The number of anilines is 2. The molecule has 1 saturated heterocycles. The van der Waals surface area contributed by atoms with Crippen LogP contribution in [0.1, 0.15) is 42.7 Å². The van der Waals surface area contributed by atoms with Gasteiger partial charge in [0.25, 0.3) is 0 Å². The zero-order chi connectivity index (χ0) is 14.9. The van der Waals surface area contributed by atoms with E-state index >= 15 is 0 Å². The first-order valence-electron chi connectivity index (χ1n) is 7.71. The van der Waals surface area contributed by atoms with E-state index in [1.165, 1.54) is 19.3 Å². The van der Waals surface area contributed by atoms with E-state index in [2.05, 4.69) is 30.4 Å². The summed E-state index contributed by atoms with van der Waals surface area (Å²) in [7, 11) is 0. The van der Waals surface area contributed by atoms with Crippen molar-refractivity contribution < 1.29 is 4.79 Å². The van der Waals surface area contributed by atoms with E-state index in [1.54, 1.807) is 6.20 Å². The fourth-order valence-electron chi connectivity index (χ4n) is 3.21. The van der Waals surface area contributed by atoms with E-state index in [-0.39, 0.29) is 11.8 Å². The van der Waals surface area contributed by atoms with Crippen molar-refractivity contribution in [1.82, 2.24) is 20.2 Å². The maximum absolute atomic E-state index is 11.8. The molecule has 4 rings (SSSR count). The first-order chi connectivity index (χ1) is 10.8. The van der Waals surface area contributed by atoms with Crippen LogP contribution in [0.2, 0.25) is 0 Å². The summed E-state index contributed by atoms with van der Waals surface area (Å²) < 4.78 is 0. The van der Waals surface area contributed by atoms with Gasteiger partial charge in [0.05, 0.1) is 6.20 Å². The minimum absolute atomic E-state index is 0.0122. The minimum atomic E-state index is -0.0297. The first kappa shape index (κ1) is 13.2. The lowest BCUT2D eigenvalue weighted by molar-refractivity contribution is -0.116. The summed E-state index contributed by atoms with van der Waals surface area (Å²) in [5, 5.41) is 9.63. The predicted octanol–water partition coefficient (Wildman–Crippen LogP) is 1.66. The van der Waals surface area contributed by atoms with Crippen LogP contribution in [0.15, 0.2) is 18.6 Å². The molecule has 2 aromatic rings. The molecule has 1 fully saturated rings. The standard InChI is InChI=1S/C15H18N6O/c22-13-6-11(12-9-18-20-14(12)19-13)10-7-16-15(17-8-10)21-4-2-1-3-5-21/h7-9,11H,1-6H2,(H2,18,19,20,22). The van der Waals surface area contributed by atoms with Gasteiger partial charge in [0.2, 0.25) is 11.9 Å². The topological polar surface area (TPSA) is 86.8 Å². The van der Waals surface area contributed by atoms with Gasteiger partial charge in [-0.1, -0.05) is 0 Å². The summed E-state index contributed by atoms with van der Waals surface area (Å²) in [6.45, 7) is 2.05. The number of carbonyl (C=O) groups excluding carboxylic acids is 1. The van der Waals surface area contributed by atoms with Crippen LogP contribution < -0.4 is 10.2 Å². The molecule has 0 aromatic carbocycles. The SMILES string of the molecule is O=C1CC(c2cnc(N3CCCCC3)nc2)c2cn[nH]c2N1. The van der Waals surface area contributed by atoms with Gasteiger partial charge in [-0.2, -0.15) is 5.10 Å². The second-order valence-corrected chi connectivity index (χ2v) is 5.87. The number of amides is 1. The third-order valence-electron chi connectivity index (χ3n) is 4.40. The lowest BCUT2D eigenvalue weighted by Crippen LogP contribution is -2.31. The summed E-state index contributed by atoms with van der Waals surface area (Å²) in [4.78, 5) is 23.1. The van der Waals surface area contributed by atoms with Crippen molar-refractivity contribution in [2.45, 2.75) is 31.6 Å². The molecule has 0 radical (unpaired) electrons. The highest BCUT2D eigenvalue weighted by atomic mass is 16.1. The molecule has 2 aliphatic rings.